The Kier molecular flexibility index (Phi) is 9.44. The van der Waals surface area contributed by atoms with Crippen molar-refractivity contribution in [2.75, 3.05) is 27.3 Å². The van der Waals surface area contributed by atoms with Gasteiger partial charge in [0, 0.05) is 0 Å². The Labute approximate surface area is 115 Å². The molecule has 0 aromatic carbocycles. The quantitative estimate of drug-likeness (QED) is 0.364. The molecule has 114 valence electrons. The summed E-state index contributed by atoms with van der Waals surface area (Å²) in [6.07, 6.45) is 0.874. The molecule has 0 fully saturated rings. The highest BCUT2D eigenvalue weighted by Gasteiger charge is 2.14. The Morgan fingerprint density at radius 1 is 0.800 bits per heavy atom. The summed E-state index contributed by atoms with van der Waals surface area (Å²) < 4.78 is 8.71. The number of nitroso groups, excluding NO2 is 2. The molecule has 0 aliphatic heterocycles. The number of hydrogen-bond donors (Lipinski definition) is 0. The molecule has 0 atom stereocenters. The van der Waals surface area contributed by atoms with E-state index in [-0.39, 0.29) is 13.1 Å². The van der Waals surface area contributed by atoms with Crippen molar-refractivity contribution in [3.05, 3.63) is 9.81 Å². The predicted octanol–water partition coefficient (Wildman–Crippen LogP) is 2.05. The van der Waals surface area contributed by atoms with Crippen molar-refractivity contribution in [2.45, 2.75) is 25.7 Å². The molecule has 0 spiro atoms. The predicted molar refractivity (Wildman–Crippen MR) is 68.3 cm³/mol. The summed E-state index contributed by atoms with van der Waals surface area (Å²) >= 11 is 0. The zero-order valence-electron chi connectivity index (χ0n) is 11.5. The van der Waals surface area contributed by atoms with E-state index in [1.54, 1.807) is 0 Å². The zero-order valence-corrected chi connectivity index (χ0v) is 11.5. The van der Waals surface area contributed by atoms with Gasteiger partial charge in [0.25, 0.3) is 0 Å². The number of nitrogens with zero attached hydrogens (tertiary/aromatic N) is 4. The van der Waals surface area contributed by atoms with Crippen molar-refractivity contribution >= 4 is 12.2 Å². The molecule has 0 saturated carbocycles. The molecular weight excluding hydrogens is 272 g/mol. The van der Waals surface area contributed by atoms with Crippen LogP contribution in [-0.2, 0) is 9.47 Å². The third kappa shape index (κ3) is 6.61. The van der Waals surface area contributed by atoms with Crippen LogP contribution in [0, 0.1) is 9.81 Å². The molecule has 0 radical (unpaired) electrons. The lowest BCUT2D eigenvalue weighted by atomic mass is 10.2. The molecule has 0 aromatic rings. The Hall–Kier alpha value is -2.26. The molecule has 0 rings (SSSR count). The van der Waals surface area contributed by atoms with Crippen LogP contribution in [0.25, 0.3) is 0 Å². The Bertz CT molecular complexity index is 306. The van der Waals surface area contributed by atoms with Gasteiger partial charge in [-0.25, -0.2) is 9.59 Å². The molecule has 0 N–H and O–H groups in total. The van der Waals surface area contributed by atoms with Crippen molar-refractivity contribution in [3.8, 4) is 0 Å². The first-order valence-electron chi connectivity index (χ1n) is 5.98. The SMILES string of the molecule is COC(=O)N(CCCCCCN(N=O)C(=O)OC)N=O. The van der Waals surface area contributed by atoms with Crippen LogP contribution in [0.4, 0.5) is 9.59 Å². The van der Waals surface area contributed by atoms with Gasteiger partial charge < -0.3 is 9.47 Å². The lowest BCUT2D eigenvalue weighted by Crippen LogP contribution is -2.26. The molecule has 0 aliphatic carbocycles. The van der Waals surface area contributed by atoms with Crippen LogP contribution in [0.5, 0.6) is 0 Å². The fourth-order valence-electron chi connectivity index (χ4n) is 1.42. The largest absolute Gasteiger partial charge is 0.451 e. The van der Waals surface area contributed by atoms with E-state index in [4.69, 9.17) is 0 Å². The zero-order chi connectivity index (χ0) is 15.4. The lowest BCUT2D eigenvalue weighted by Gasteiger charge is -2.12. The lowest BCUT2D eigenvalue weighted by molar-refractivity contribution is 0.121. The number of carbonyl (C=O) groups excluding carboxylic acids is 2. The second kappa shape index (κ2) is 10.6. The number of hydrogen-bond acceptors (Lipinski definition) is 8. The first kappa shape index (κ1) is 17.7. The average Bonchev–Trinajstić information content (AvgIpc) is 2.48. The highest BCUT2D eigenvalue weighted by atomic mass is 16.6. The summed E-state index contributed by atoms with van der Waals surface area (Å²) in [6.45, 7) is 0.311. The molecule has 0 bridgehead atoms. The third-order valence-corrected chi connectivity index (χ3v) is 2.46. The Morgan fingerprint density at radius 2 is 1.15 bits per heavy atom. The standard InChI is InChI=1S/C10H18N4O6/c1-19-9(15)13(11-17)7-5-3-4-6-8-14(12-18)10(16)20-2/h3-8H2,1-2H3. The average molecular weight is 290 g/mol. The van der Waals surface area contributed by atoms with E-state index in [9.17, 15) is 19.4 Å². The highest BCUT2D eigenvalue weighted by Crippen LogP contribution is 2.05. The van der Waals surface area contributed by atoms with E-state index in [1.165, 1.54) is 0 Å². The van der Waals surface area contributed by atoms with E-state index < -0.39 is 12.2 Å². The fourth-order valence-corrected chi connectivity index (χ4v) is 1.42. The summed E-state index contributed by atoms with van der Waals surface area (Å²) in [5, 5.41) is 6.45. The van der Waals surface area contributed by atoms with Crippen molar-refractivity contribution in [1.82, 2.24) is 10.0 Å². The fraction of sp³-hybridized carbons (Fsp3) is 0.800. The first-order chi connectivity index (χ1) is 9.60. The molecule has 10 nitrogen and oxygen atoms in total. The van der Waals surface area contributed by atoms with E-state index in [2.05, 4.69) is 20.0 Å². The topological polar surface area (TPSA) is 118 Å². The van der Waals surface area contributed by atoms with Crippen molar-refractivity contribution in [3.63, 3.8) is 0 Å². The monoisotopic (exact) mass is 290 g/mol. The second-order valence-electron chi connectivity index (χ2n) is 3.76. The summed E-state index contributed by atoms with van der Waals surface area (Å²) in [6, 6.07) is 0. The number of rotatable bonds is 9. The normalized spacial score (nSPS) is 9.50. The summed E-state index contributed by atoms with van der Waals surface area (Å²) in [5.41, 5.74) is 0. The number of methoxy groups -OCH3 is 2. The van der Waals surface area contributed by atoms with Crippen molar-refractivity contribution < 1.29 is 19.1 Å². The van der Waals surface area contributed by atoms with Gasteiger partial charge in [0.2, 0.25) is 0 Å². The molecule has 0 saturated heterocycles. The highest BCUT2D eigenvalue weighted by molar-refractivity contribution is 5.67. The van der Waals surface area contributed by atoms with Crippen molar-refractivity contribution in [2.24, 2.45) is 10.6 Å². The molecule has 10 heteroatoms. The van der Waals surface area contributed by atoms with Gasteiger partial charge in [-0.2, -0.15) is 10.0 Å². The molecule has 20 heavy (non-hydrogen) atoms. The number of unbranched alkanes of at least 4 members (excludes halogenated alkanes) is 3. The van der Waals surface area contributed by atoms with Crippen LogP contribution in [0.1, 0.15) is 25.7 Å². The maximum atomic E-state index is 11.0. The maximum Gasteiger partial charge on any atom is 0.432 e. The van der Waals surface area contributed by atoms with Crippen molar-refractivity contribution in [1.29, 1.82) is 0 Å². The number of carbonyl (C=O) groups is 2. The van der Waals surface area contributed by atoms with E-state index in [0.29, 0.717) is 35.7 Å². The summed E-state index contributed by atoms with van der Waals surface area (Å²) in [7, 11) is 2.32. The van der Waals surface area contributed by atoms with Gasteiger partial charge in [0.15, 0.2) is 0 Å². The van der Waals surface area contributed by atoms with Crippen LogP contribution in [0.15, 0.2) is 10.6 Å². The van der Waals surface area contributed by atoms with Gasteiger partial charge >= 0.3 is 12.2 Å². The van der Waals surface area contributed by atoms with Gasteiger partial charge in [-0.1, -0.05) is 12.8 Å². The molecule has 0 heterocycles. The van der Waals surface area contributed by atoms with Crippen LogP contribution in [0.2, 0.25) is 0 Å². The van der Waals surface area contributed by atoms with Crippen LogP contribution in [0.3, 0.4) is 0 Å². The minimum absolute atomic E-state index is 0.156. The van der Waals surface area contributed by atoms with Gasteiger partial charge in [-0.05, 0) is 12.8 Å². The van der Waals surface area contributed by atoms with Crippen LogP contribution in [-0.4, -0.2) is 49.5 Å². The van der Waals surface area contributed by atoms with Gasteiger partial charge in [0.05, 0.1) is 37.9 Å². The maximum absolute atomic E-state index is 11.0. The minimum Gasteiger partial charge on any atom is -0.451 e. The summed E-state index contributed by atoms with van der Waals surface area (Å²) in [4.78, 5) is 42.7. The smallest absolute Gasteiger partial charge is 0.432 e. The summed E-state index contributed by atoms with van der Waals surface area (Å²) in [5.74, 6) is 0. The third-order valence-electron chi connectivity index (χ3n) is 2.46. The van der Waals surface area contributed by atoms with Gasteiger partial charge in [-0.3, -0.25) is 0 Å². The molecule has 0 unspecified atom stereocenters. The second-order valence-corrected chi connectivity index (χ2v) is 3.76. The minimum atomic E-state index is -0.804. The van der Waals surface area contributed by atoms with Gasteiger partial charge in [0.1, 0.15) is 0 Å². The Morgan fingerprint density at radius 3 is 1.40 bits per heavy atom. The van der Waals surface area contributed by atoms with Gasteiger partial charge in [-0.15, -0.1) is 9.81 Å². The molecule has 0 aliphatic rings. The number of ether oxygens (including phenoxy) is 2. The Balaban J connectivity index is 3.76. The first-order valence-corrected chi connectivity index (χ1v) is 5.98. The van der Waals surface area contributed by atoms with E-state index in [1.807, 2.05) is 0 Å². The molecule has 2 amide bonds. The van der Waals surface area contributed by atoms with Crippen LogP contribution < -0.4 is 0 Å². The molecule has 0 aromatic heterocycles. The molecular formula is C10H18N4O6. The van der Waals surface area contributed by atoms with E-state index >= 15 is 0 Å². The van der Waals surface area contributed by atoms with E-state index in [0.717, 1.165) is 14.2 Å². The van der Waals surface area contributed by atoms with Crippen LogP contribution >= 0.6 is 0 Å². The number of amides is 2.